The summed E-state index contributed by atoms with van der Waals surface area (Å²) in [6, 6.07) is 3.77. The molecule has 1 aromatic rings. The van der Waals surface area contributed by atoms with Gasteiger partial charge in [0.25, 0.3) is 0 Å². The summed E-state index contributed by atoms with van der Waals surface area (Å²) in [6.45, 7) is 0.724. The van der Waals surface area contributed by atoms with Gasteiger partial charge in [-0.1, -0.05) is 17.7 Å². The third-order valence-electron chi connectivity index (χ3n) is 3.24. The highest BCUT2D eigenvalue weighted by Crippen LogP contribution is 2.19. The Kier molecular flexibility index (Phi) is 5.35. The van der Waals surface area contributed by atoms with Crippen molar-refractivity contribution in [1.29, 1.82) is 0 Å². The summed E-state index contributed by atoms with van der Waals surface area (Å²) >= 11 is 0. The summed E-state index contributed by atoms with van der Waals surface area (Å²) < 4.78 is 0. The molecule has 1 heterocycles. The van der Waals surface area contributed by atoms with Crippen LogP contribution in [0, 0.1) is 0 Å². The minimum atomic E-state index is -0.0414. The molecule has 19 heavy (non-hydrogen) atoms. The third-order valence-corrected chi connectivity index (χ3v) is 3.24. The summed E-state index contributed by atoms with van der Waals surface area (Å²) in [7, 11) is 0. The molecule has 0 fully saturated rings. The SMILES string of the molecule is O=C(/C=C/c1cccnc1)NCCC1=CCCCC1. The van der Waals surface area contributed by atoms with Crippen LogP contribution in [0.2, 0.25) is 0 Å². The zero-order chi connectivity index (χ0) is 13.3. The van der Waals surface area contributed by atoms with Crippen LogP contribution in [0.3, 0.4) is 0 Å². The van der Waals surface area contributed by atoms with E-state index >= 15 is 0 Å². The summed E-state index contributed by atoms with van der Waals surface area (Å²) in [4.78, 5) is 15.6. The third kappa shape index (κ3) is 5.08. The molecule has 2 rings (SSSR count). The van der Waals surface area contributed by atoms with Gasteiger partial charge >= 0.3 is 0 Å². The fourth-order valence-corrected chi connectivity index (χ4v) is 2.18. The molecule has 0 aromatic carbocycles. The van der Waals surface area contributed by atoms with Crippen molar-refractivity contribution in [2.75, 3.05) is 6.54 Å². The second-order valence-electron chi connectivity index (χ2n) is 4.77. The Hall–Kier alpha value is -1.90. The fraction of sp³-hybridized carbons (Fsp3) is 0.375. The number of carbonyl (C=O) groups is 1. The summed E-state index contributed by atoms with van der Waals surface area (Å²) in [5.74, 6) is -0.0414. The number of pyridine rings is 1. The number of carbonyl (C=O) groups excluding carboxylic acids is 1. The average Bonchev–Trinajstić information content (AvgIpc) is 2.47. The van der Waals surface area contributed by atoms with Crippen molar-refractivity contribution >= 4 is 12.0 Å². The van der Waals surface area contributed by atoms with E-state index in [0.717, 1.165) is 18.5 Å². The second kappa shape index (κ2) is 7.52. The van der Waals surface area contributed by atoms with Gasteiger partial charge in [-0.25, -0.2) is 0 Å². The Morgan fingerprint density at radius 1 is 1.42 bits per heavy atom. The fourth-order valence-electron chi connectivity index (χ4n) is 2.18. The highest BCUT2D eigenvalue weighted by Gasteiger charge is 2.03. The van der Waals surface area contributed by atoms with E-state index in [9.17, 15) is 4.79 Å². The lowest BCUT2D eigenvalue weighted by molar-refractivity contribution is -0.116. The Morgan fingerprint density at radius 2 is 2.37 bits per heavy atom. The number of hydrogen-bond acceptors (Lipinski definition) is 2. The summed E-state index contributed by atoms with van der Waals surface area (Å²) in [5.41, 5.74) is 2.43. The van der Waals surface area contributed by atoms with Gasteiger partial charge in [-0.3, -0.25) is 9.78 Å². The Bertz CT molecular complexity index is 463. The van der Waals surface area contributed by atoms with E-state index in [-0.39, 0.29) is 5.91 Å². The predicted molar refractivity (Wildman–Crippen MR) is 77.4 cm³/mol. The number of allylic oxidation sites excluding steroid dienone is 1. The largest absolute Gasteiger partial charge is 0.352 e. The Labute approximate surface area is 114 Å². The standard InChI is InChI=1S/C16H20N2O/c19-16(9-8-15-7-4-11-17-13-15)18-12-10-14-5-2-1-3-6-14/h4-5,7-9,11,13H,1-3,6,10,12H2,(H,18,19)/b9-8+. The molecule has 3 heteroatoms. The number of nitrogens with one attached hydrogen (secondary N) is 1. The first kappa shape index (κ1) is 13.5. The van der Waals surface area contributed by atoms with Crippen molar-refractivity contribution in [2.45, 2.75) is 32.1 Å². The highest BCUT2D eigenvalue weighted by molar-refractivity contribution is 5.91. The van der Waals surface area contributed by atoms with Crippen LogP contribution >= 0.6 is 0 Å². The van der Waals surface area contributed by atoms with Crippen LogP contribution in [-0.2, 0) is 4.79 Å². The molecule has 3 nitrogen and oxygen atoms in total. The number of nitrogens with zero attached hydrogens (tertiary/aromatic N) is 1. The highest BCUT2D eigenvalue weighted by atomic mass is 16.1. The molecular weight excluding hydrogens is 236 g/mol. The normalized spacial score (nSPS) is 15.3. The lowest BCUT2D eigenvalue weighted by atomic mass is 9.97. The molecule has 0 atom stereocenters. The van der Waals surface area contributed by atoms with Crippen molar-refractivity contribution in [3.63, 3.8) is 0 Å². The molecule has 0 saturated heterocycles. The maximum absolute atomic E-state index is 11.6. The number of rotatable bonds is 5. The summed E-state index contributed by atoms with van der Waals surface area (Å²) in [5, 5.41) is 2.91. The van der Waals surface area contributed by atoms with Crippen LogP contribution in [0.15, 0.2) is 42.3 Å². The number of aromatic nitrogens is 1. The number of amides is 1. The van der Waals surface area contributed by atoms with Gasteiger partial charge in [0.15, 0.2) is 0 Å². The van der Waals surface area contributed by atoms with Gasteiger partial charge in [-0.05, 0) is 49.8 Å². The van der Waals surface area contributed by atoms with E-state index in [2.05, 4.69) is 16.4 Å². The maximum Gasteiger partial charge on any atom is 0.244 e. The molecule has 0 bridgehead atoms. The van der Waals surface area contributed by atoms with Crippen molar-refractivity contribution in [2.24, 2.45) is 0 Å². The molecule has 1 amide bonds. The first-order valence-electron chi connectivity index (χ1n) is 6.88. The van der Waals surface area contributed by atoms with Crippen LogP contribution < -0.4 is 5.32 Å². The topological polar surface area (TPSA) is 42.0 Å². The molecule has 0 aliphatic heterocycles. The van der Waals surface area contributed by atoms with Crippen molar-refractivity contribution < 1.29 is 4.79 Å². The van der Waals surface area contributed by atoms with Gasteiger partial charge in [0.1, 0.15) is 0 Å². The van der Waals surface area contributed by atoms with E-state index < -0.39 is 0 Å². The quantitative estimate of drug-likeness (QED) is 0.649. The van der Waals surface area contributed by atoms with E-state index in [1.807, 2.05) is 12.1 Å². The summed E-state index contributed by atoms with van der Waals surface area (Å²) in [6.07, 6.45) is 15.1. The van der Waals surface area contributed by atoms with Gasteiger partial charge in [0.2, 0.25) is 5.91 Å². The van der Waals surface area contributed by atoms with Crippen molar-refractivity contribution in [1.82, 2.24) is 10.3 Å². The lowest BCUT2D eigenvalue weighted by Gasteiger charge is -2.12. The predicted octanol–water partition coefficient (Wildman–Crippen LogP) is 3.10. The van der Waals surface area contributed by atoms with Crippen LogP contribution in [-0.4, -0.2) is 17.4 Å². The van der Waals surface area contributed by atoms with E-state index in [1.54, 1.807) is 24.5 Å². The number of hydrogen-bond donors (Lipinski definition) is 1. The Balaban J connectivity index is 1.70. The molecule has 0 unspecified atom stereocenters. The zero-order valence-corrected chi connectivity index (χ0v) is 11.1. The van der Waals surface area contributed by atoms with Crippen LogP contribution in [0.1, 0.15) is 37.7 Å². The smallest absolute Gasteiger partial charge is 0.244 e. The van der Waals surface area contributed by atoms with E-state index in [0.29, 0.717) is 0 Å². The molecule has 1 N–H and O–H groups in total. The lowest BCUT2D eigenvalue weighted by Crippen LogP contribution is -2.22. The molecule has 0 saturated carbocycles. The second-order valence-corrected chi connectivity index (χ2v) is 4.77. The van der Waals surface area contributed by atoms with Crippen LogP contribution in [0.25, 0.3) is 6.08 Å². The van der Waals surface area contributed by atoms with E-state index in [1.165, 1.54) is 31.3 Å². The van der Waals surface area contributed by atoms with E-state index in [4.69, 9.17) is 0 Å². The molecular formula is C16H20N2O. The Morgan fingerprint density at radius 3 is 3.11 bits per heavy atom. The van der Waals surface area contributed by atoms with Crippen LogP contribution in [0.4, 0.5) is 0 Å². The average molecular weight is 256 g/mol. The van der Waals surface area contributed by atoms with Crippen molar-refractivity contribution in [3.05, 3.63) is 47.8 Å². The monoisotopic (exact) mass is 256 g/mol. The minimum Gasteiger partial charge on any atom is -0.352 e. The zero-order valence-electron chi connectivity index (χ0n) is 11.1. The van der Waals surface area contributed by atoms with Gasteiger partial charge in [0.05, 0.1) is 0 Å². The first-order valence-corrected chi connectivity index (χ1v) is 6.88. The molecule has 1 aliphatic carbocycles. The van der Waals surface area contributed by atoms with Gasteiger partial charge < -0.3 is 5.32 Å². The van der Waals surface area contributed by atoms with Crippen molar-refractivity contribution in [3.8, 4) is 0 Å². The molecule has 100 valence electrons. The van der Waals surface area contributed by atoms with Gasteiger partial charge in [0, 0.05) is 25.0 Å². The van der Waals surface area contributed by atoms with Gasteiger partial charge in [-0.2, -0.15) is 0 Å². The van der Waals surface area contributed by atoms with Gasteiger partial charge in [-0.15, -0.1) is 0 Å². The molecule has 0 radical (unpaired) electrons. The molecule has 0 spiro atoms. The minimum absolute atomic E-state index is 0.0414. The molecule has 1 aromatic heterocycles. The first-order chi connectivity index (χ1) is 9.34. The maximum atomic E-state index is 11.6. The molecule has 1 aliphatic rings. The van der Waals surface area contributed by atoms with Crippen LogP contribution in [0.5, 0.6) is 0 Å².